The number of aromatic nitrogens is 1. The molecule has 1 aromatic heterocycles. The van der Waals surface area contributed by atoms with Gasteiger partial charge in [0.05, 0.1) is 5.52 Å². The molecule has 0 unspecified atom stereocenters. The topological polar surface area (TPSA) is 43.4 Å². The Bertz CT molecular complexity index is 1100. The third kappa shape index (κ3) is 2.62. The van der Waals surface area contributed by atoms with Gasteiger partial charge in [-0.05, 0) is 42.0 Å². The highest BCUT2D eigenvalue weighted by Crippen LogP contribution is 2.45. The molecule has 126 valence electrons. The number of fused-ring (bicyclic) bond motifs is 3. The smallest absolute Gasteiger partial charge is 0.172 e. The lowest BCUT2D eigenvalue weighted by atomic mass is 10.1. The first-order valence-electron chi connectivity index (χ1n) is 8.52. The maximum atomic E-state index is 5.97. The van der Waals surface area contributed by atoms with E-state index in [9.17, 15) is 0 Å². The van der Waals surface area contributed by atoms with Gasteiger partial charge in [-0.1, -0.05) is 30.3 Å². The van der Waals surface area contributed by atoms with Crippen molar-refractivity contribution in [1.29, 1.82) is 0 Å². The Kier molecular flexibility index (Phi) is 3.46. The van der Waals surface area contributed by atoms with Gasteiger partial charge < -0.3 is 14.8 Å². The molecule has 2 heterocycles. The van der Waals surface area contributed by atoms with Gasteiger partial charge in [-0.25, -0.2) is 0 Å². The number of pyridine rings is 1. The summed E-state index contributed by atoms with van der Waals surface area (Å²) >= 11 is 0. The number of hydrogen-bond acceptors (Lipinski definition) is 4. The van der Waals surface area contributed by atoms with Crippen molar-refractivity contribution in [2.45, 2.75) is 6.54 Å². The van der Waals surface area contributed by atoms with Crippen LogP contribution in [0.5, 0.6) is 23.0 Å². The van der Waals surface area contributed by atoms with Gasteiger partial charge >= 0.3 is 0 Å². The van der Waals surface area contributed by atoms with Gasteiger partial charge in [0.1, 0.15) is 0 Å². The van der Waals surface area contributed by atoms with Crippen molar-refractivity contribution < 1.29 is 9.47 Å². The second-order valence-corrected chi connectivity index (χ2v) is 6.15. The Labute approximate surface area is 151 Å². The van der Waals surface area contributed by atoms with Crippen molar-refractivity contribution in [2.24, 2.45) is 0 Å². The standard InChI is InChI=1S/C22H16N2O2/c1-2-6-18-17(5-1)15(11-12-23-18)14-24-16-9-10-21-22(13-16)26-20-8-4-3-7-19(20)25-21/h1-13,24H,14H2. The number of rotatable bonds is 3. The molecular weight excluding hydrogens is 324 g/mol. The van der Waals surface area contributed by atoms with Crippen molar-refractivity contribution in [3.63, 3.8) is 0 Å². The van der Waals surface area contributed by atoms with Crippen LogP contribution in [0.15, 0.2) is 79.0 Å². The number of ether oxygens (including phenoxy) is 2. The molecule has 1 N–H and O–H groups in total. The SMILES string of the molecule is c1ccc2c(c1)Oc1ccc(NCc3ccnc4ccccc34)cc1O2. The summed E-state index contributed by atoms with van der Waals surface area (Å²) in [6, 6.07) is 23.8. The van der Waals surface area contributed by atoms with Crippen LogP contribution in [-0.4, -0.2) is 4.98 Å². The highest BCUT2D eigenvalue weighted by molar-refractivity contribution is 5.82. The summed E-state index contributed by atoms with van der Waals surface area (Å²) in [6.07, 6.45) is 1.85. The molecule has 4 aromatic rings. The fourth-order valence-electron chi connectivity index (χ4n) is 3.14. The lowest BCUT2D eigenvalue weighted by Crippen LogP contribution is -2.03. The zero-order valence-corrected chi connectivity index (χ0v) is 14.0. The van der Waals surface area contributed by atoms with Crippen LogP contribution in [0.25, 0.3) is 10.9 Å². The van der Waals surface area contributed by atoms with Crippen LogP contribution in [0.2, 0.25) is 0 Å². The average molecular weight is 340 g/mol. The maximum absolute atomic E-state index is 5.97. The third-order valence-corrected chi connectivity index (χ3v) is 4.46. The molecule has 4 heteroatoms. The number of nitrogens with one attached hydrogen (secondary N) is 1. The molecule has 0 fully saturated rings. The predicted octanol–water partition coefficient (Wildman–Crippen LogP) is 5.74. The zero-order chi connectivity index (χ0) is 17.3. The lowest BCUT2D eigenvalue weighted by molar-refractivity contribution is 0.360. The first kappa shape index (κ1) is 14.8. The van der Waals surface area contributed by atoms with Gasteiger partial charge in [-0.3, -0.25) is 4.98 Å². The number of hydrogen-bond donors (Lipinski definition) is 1. The van der Waals surface area contributed by atoms with E-state index in [1.165, 1.54) is 5.56 Å². The normalized spacial score (nSPS) is 11.8. The molecule has 0 spiro atoms. The summed E-state index contributed by atoms with van der Waals surface area (Å²) in [5, 5.41) is 4.62. The van der Waals surface area contributed by atoms with Gasteiger partial charge in [0.25, 0.3) is 0 Å². The van der Waals surface area contributed by atoms with Gasteiger partial charge in [-0.2, -0.15) is 0 Å². The van der Waals surface area contributed by atoms with Crippen LogP contribution in [0.3, 0.4) is 0 Å². The van der Waals surface area contributed by atoms with Crippen LogP contribution >= 0.6 is 0 Å². The fourth-order valence-corrected chi connectivity index (χ4v) is 3.14. The zero-order valence-electron chi connectivity index (χ0n) is 14.0. The van der Waals surface area contributed by atoms with E-state index in [4.69, 9.17) is 9.47 Å². The molecule has 4 nitrogen and oxygen atoms in total. The van der Waals surface area contributed by atoms with E-state index >= 15 is 0 Å². The minimum absolute atomic E-state index is 0.708. The lowest BCUT2D eigenvalue weighted by Gasteiger charge is -2.21. The monoisotopic (exact) mass is 340 g/mol. The summed E-state index contributed by atoms with van der Waals surface area (Å²) in [5.41, 5.74) is 3.19. The predicted molar refractivity (Wildman–Crippen MR) is 102 cm³/mol. The second-order valence-electron chi connectivity index (χ2n) is 6.15. The molecule has 0 amide bonds. The van der Waals surface area contributed by atoms with Gasteiger partial charge in [-0.15, -0.1) is 0 Å². The molecule has 0 saturated carbocycles. The van der Waals surface area contributed by atoms with Crippen molar-refractivity contribution >= 4 is 16.6 Å². The van der Waals surface area contributed by atoms with E-state index < -0.39 is 0 Å². The first-order valence-corrected chi connectivity index (χ1v) is 8.52. The molecule has 1 aliphatic heterocycles. The van der Waals surface area contributed by atoms with Crippen LogP contribution in [0.1, 0.15) is 5.56 Å². The van der Waals surface area contributed by atoms with E-state index in [1.54, 1.807) is 0 Å². The third-order valence-electron chi connectivity index (χ3n) is 4.46. The molecule has 26 heavy (non-hydrogen) atoms. The Hall–Kier alpha value is -3.53. The summed E-state index contributed by atoms with van der Waals surface area (Å²) in [4.78, 5) is 4.41. The average Bonchev–Trinajstić information content (AvgIpc) is 2.70. The molecule has 5 rings (SSSR count). The van der Waals surface area contributed by atoms with Crippen LogP contribution in [0.4, 0.5) is 5.69 Å². The van der Waals surface area contributed by atoms with Gasteiger partial charge in [0.15, 0.2) is 23.0 Å². The molecular formula is C22H16N2O2. The van der Waals surface area contributed by atoms with E-state index in [0.29, 0.717) is 12.3 Å². The summed E-state index contributed by atoms with van der Waals surface area (Å²) in [6.45, 7) is 0.708. The fraction of sp³-hybridized carbons (Fsp3) is 0.0455. The maximum Gasteiger partial charge on any atom is 0.172 e. The molecule has 0 aliphatic carbocycles. The van der Waals surface area contributed by atoms with Gasteiger partial charge in [0.2, 0.25) is 0 Å². The Morgan fingerprint density at radius 2 is 1.46 bits per heavy atom. The van der Waals surface area contributed by atoms with Crippen LogP contribution < -0.4 is 14.8 Å². The highest BCUT2D eigenvalue weighted by atomic mass is 16.6. The molecule has 3 aromatic carbocycles. The second kappa shape index (κ2) is 6.08. The number of para-hydroxylation sites is 3. The Morgan fingerprint density at radius 3 is 2.35 bits per heavy atom. The van der Waals surface area contributed by atoms with E-state index in [1.807, 2.05) is 72.9 Å². The van der Waals surface area contributed by atoms with Crippen molar-refractivity contribution in [3.05, 3.63) is 84.6 Å². The Balaban J connectivity index is 1.39. The molecule has 1 aliphatic rings. The number of anilines is 1. The minimum Gasteiger partial charge on any atom is -0.450 e. The molecule has 0 radical (unpaired) electrons. The highest BCUT2D eigenvalue weighted by Gasteiger charge is 2.18. The number of nitrogens with zero attached hydrogens (tertiary/aromatic N) is 1. The van der Waals surface area contributed by atoms with E-state index in [0.717, 1.165) is 33.8 Å². The van der Waals surface area contributed by atoms with E-state index in [-0.39, 0.29) is 0 Å². The molecule has 0 saturated heterocycles. The van der Waals surface area contributed by atoms with Crippen molar-refractivity contribution in [1.82, 2.24) is 4.98 Å². The molecule has 0 atom stereocenters. The quantitative estimate of drug-likeness (QED) is 0.454. The van der Waals surface area contributed by atoms with E-state index in [2.05, 4.69) is 16.4 Å². The van der Waals surface area contributed by atoms with Crippen LogP contribution in [0, 0.1) is 0 Å². The van der Waals surface area contributed by atoms with Crippen molar-refractivity contribution in [2.75, 3.05) is 5.32 Å². The molecule has 0 bridgehead atoms. The summed E-state index contributed by atoms with van der Waals surface area (Å²) < 4.78 is 11.9. The Morgan fingerprint density at radius 1 is 0.731 bits per heavy atom. The first-order chi connectivity index (χ1) is 12.9. The minimum atomic E-state index is 0.708. The van der Waals surface area contributed by atoms with Crippen LogP contribution in [-0.2, 0) is 6.54 Å². The largest absolute Gasteiger partial charge is 0.450 e. The van der Waals surface area contributed by atoms with Crippen molar-refractivity contribution in [3.8, 4) is 23.0 Å². The van der Waals surface area contributed by atoms with Gasteiger partial charge in [0, 0.05) is 29.9 Å². The number of benzene rings is 3. The summed E-state index contributed by atoms with van der Waals surface area (Å²) in [7, 11) is 0. The summed E-state index contributed by atoms with van der Waals surface area (Å²) in [5.74, 6) is 2.91.